The second kappa shape index (κ2) is 10.0. The SMILES string of the molecule is CCc1nc(N/N=C\c2cccc(OCc3ccc(Cl)cc3)c2)sc1C(=O)OC. The van der Waals surface area contributed by atoms with Crippen molar-refractivity contribution in [3.05, 3.63) is 75.3 Å². The van der Waals surface area contributed by atoms with E-state index in [0.717, 1.165) is 16.9 Å². The van der Waals surface area contributed by atoms with E-state index in [-0.39, 0.29) is 5.97 Å². The standard InChI is InChI=1S/C21H20ClN3O3S/c1-3-18-19(20(26)27-2)29-21(24-18)25-23-12-15-5-4-6-17(11-15)28-13-14-7-9-16(22)10-8-14/h4-12H,3,13H2,1-2H3,(H,24,25)/b23-12-. The predicted molar refractivity (Wildman–Crippen MR) is 116 cm³/mol. The van der Waals surface area contributed by atoms with Gasteiger partial charge < -0.3 is 9.47 Å². The van der Waals surface area contributed by atoms with E-state index in [1.165, 1.54) is 18.4 Å². The van der Waals surface area contributed by atoms with Crippen molar-refractivity contribution < 1.29 is 14.3 Å². The number of rotatable bonds is 8. The van der Waals surface area contributed by atoms with Crippen LogP contribution >= 0.6 is 22.9 Å². The Labute approximate surface area is 178 Å². The largest absolute Gasteiger partial charge is 0.489 e. The number of halogens is 1. The molecule has 1 aromatic heterocycles. The minimum Gasteiger partial charge on any atom is -0.489 e. The van der Waals surface area contributed by atoms with E-state index in [0.29, 0.717) is 33.8 Å². The Kier molecular flexibility index (Phi) is 7.21. The molecule has 0 unspecified atom stereocenters. The first kappa shape index (κ1) is 20.8. The molecule has 0 atom stereocenters. The highest BCUT2D eigenvalue weighted by Gasteiger charge is 2.17. The lowest BCUT2D eigenvalue weighted by atomic mass is 10.2. The smallest absolute Gasteiger partial charge is 0.350 e. The van der Waals surface area contributed by atoms with Crippen molar-refractivity contribution in [3.63, 3.8) is 0 Å². The molecule has 2 aromatic carbocycles. The topological polar surface area (TPSA) is 72.8 Å². The van der Waals surface area contributed by atoms with Crippen LogP contribution in [-0.4, -0.2) is 24.3 Å². The van der Waals surface area contributed by atoms with Crippen LogP contribution in [0.15, 0.2) is 53.6 Å². The number of nitrogens with one attached hydrogen (secondary N) is 1. The first-order valence-corrected chi connectivity index (χ1v) is 10.1. The molecule has 1 heterocycles. The number of hydrogen-bond acceptors (Lipinski definition) is 7. The van der Waals surface area contributed by atoms with Gasteiger partial charge in [0.25, 0.3) is 0 Å². The Bertz CT molecular complexity index is 1000. The van der Waals surface area contributed by atoms with E-state index in [1.807, 2.05) is 55.5 Å². The number of methoxy groups -OCH3 is 1. The van der Waals surface area contributed by atoms with Gasteiger partial charge >= 0.3 is 5.97 Å². The molecule has 29 heavy (non-hydrogen) atoms. The number of hydrazone groups is 1. The number of aromatic nitrogens is 1. The molecule has 0 saturated heterocycles. The third-order valence-corrected chi connectivity index (χ3v) is 5.19. The van der Waals surface area contributed by atoms with Crippen LogP contribution in [0.5, 0.6) is 5.75 Å². The minimum atomic E-state index is -0.387. The maximum absolute atomic E-state index is 11.8. The predicted octanol–water partition coefficient (Wildman–Crippen LogP) is 5.17. The van der Waals surface area contributed by atoms with Gasteiger partial charge in [0.1, 0.15) is 17.2 Å². The molecule has 0 fully saturated rings. The van der Waals surface area contributed by atoms with Crippen LogP contribution in [0.4, 0.5) is 5.13 Å². The van der Waals surface area contributed by atoms with Gasteiger partial charge in [0.15, 0.2) is 0 Å². The van der Waals surface area contributed by atoms with Crippen LogP contribution in [0.1, 0.15) is 33.4 Å². The maximum atomic E-state index is 11.8. The zero-order chi connectivity index (χ0) is 20.6. The van der Waals surface area contributed by atoms with Gasteiger partial charge in [-0.25, -0.2) is 9.78 Å². The second-order valence-corrected chi connectivity index (χ2v) is 7.43. The average molecular weight is 430 g/mol. The molecule has 0 radical (unpaired) electrons. The van der Waals surface area contributed by atoms with Crippen molar-refractivity contribution in [2.45, 2.75) is 20.0 Å². The molecule has 3 aromatic rings. The van der Waals surface area contributed by atoms with Gasteiger partial charge in [-0.05, 0) is 41.8 Å². The summed E-state index contributed by atoms with van der Waals surface area (Å²) >= 11 is 7.11. The summed E-state index contributed by atoms with van der Waals surface area (Å²) in [6.07, 6.45) is 2.30. The van der Waals surface area contributed by atoms with Crippen LogP contribution < -0.4 is 10.2 Å². The molecule has 0 aliphatic carbocycles. The van der Waals surface area contributed by atoms with Crippen molar-refractivity contribution in [2.24, 2.45) is 5.10 Å². The Morgan fingerprint density at radius 3 is 2.79 bits per heavy atom. The fourth-order valence-corrected chi connectivity index (χ4v) is 3.53. The Morgan fingerprint density at radius 1 is 1.28 bits per heavy atom. The molecule has 6 nitrogen and oxygen atoms in total. The van der Waals surface area contributed by atoms with Crippen LogP contribution in [0.25, 0.3) is 0 Å². The molecule has 0 saturated carbocycles. The normalized spacial score (nSPS) is 10.9. The molecule has 0 aliphatic heterocycles. The molecular weight excluding hydrogens is 410 g/mol. The van der Waals surface area contributed by atoms with Crippen molar-refractivity contribution >= 4 is 40.3 Å². The molecule has 1 N–H and O–H groups in total. The number of carbonyl (C=O) groups is 1. The molecule has 150 valence electrons. The fourth-order valence-electron chi connectivity index (χ4n) is 2.49. The molecule has 8 heteroatoms. The molecule has 3 rings (SSSR count). The van der Waals surface area contributed by atoms with Crippen LogP contribution in [0, 0.1) is 0 Å². The first-order valence-electron chi connectivity index (χ1n) is 8.93. The number of nitrogens with zero attached hydrogens (tertiary/aromatic N) is 2. The Morgan fingerprint density at radius 2 is 2.07 bits per heavy atom. The van der Waals surface area contributed by atoms with Crippen LogP contribution in [0.2, 0.25) is 5.02 Å². The minimum absolute atomic E-state index is 0.387. The van der Waals surface area contributed by atoms with Crippen LogP contribution in [-0.2, 0) is 17.8 Å². The highest BCUT2D eigenvalue weighted by atomic mass is 35.5. The summed E-state index contributed by atoms with van der Waals surface area (Å²) in [7, 11) is 1.36. The monoisotopic (exact) mass is 429 g/mol. The summed E-state index contributed by atoms with van der Waals surface area (Å²) in [5.74, 6) is 0.348. The maximum Gasteiger partial charge on any atom is 0.350 e. The van der Waals surface area contributed by atoms with Crippen molar-refractivity contribution in [1.82, 2.24) is 4.98 Å². The highest BCUT2D eigenvalue weighted by Crippen LogP contribution is 2.24. The van der Waals surface area contributed by atoms with Gasteiger partial charge in [-0.1, -0.05) is 54.1 Å². The summed E-state index contributed by atoms with van der Waals surface area (Å²) in [4.78, 5) is 16.6. The van der Waals surface area contributed by atoms with E-state index in [2.05, 4.69) is 15.5 Å². The quantitative estimate of drug-likeness (QED) is 0.304. The van der Waals surface area contributed by atoms with E-state index in [1.54, 1.807) is 6.21 Å². The van der Waals surface area contributed by atoms with Gasteiger partial charge in [-0.15, -0.1) is 0 Å². The van der Waals surface area contributed by atoms with Crippen molar-refractivity contribution in [1.29, 1.82) is 0 Å². The number of hydrogen-bond donors (Lipinski definition) is 1. The fraction of sp³-hybridized carbons (Fsp3) is 0.190. The zero-order valence-electron chi connectivity index (χ0n) is 16.0. The molecule has 0 amide bonds. The molecule has 0 bridgehead atoms. The number of esters is 1. The van der Waals surface area contributed by atoms with Crippen molar-refractivity contribution in [2.75, 3.05) is 12.5 Å². The number of aryl methyl sites for hydroxylation is 1. The van der Waals surface area contributed by atoms with Gasteiger partial charge in [0.2, 0.25) is 5.13 Å². The summed E-state index contributed by atoms with van der Waals surface area (Å²) in [5.41, 5.74) is 5.46. The lowest BCUT2D eigenvalue weighted by Gasteiger charge is -2.07. The van der Waals surface area contributed by atoms with Gasteiger partial charge in [0.05, 0.1) is 19.0 Å². The average Bonchev–Trinajstić information content (AvgIpc) is 3.16. The summed E-state index contributed by atoms with van der Waals surface area (Å²) in [5, 5.41) is 5.44. The number of benzene rings is 2. The van der Waals surface area contributed by atoms with E-state index in [9.17, 15) is 4.79 Å². The molecular formula is C21H20ClN3O3S. The summed E-state index contributed by atoms with van der Waals surface area (Å²) in [6.45, 7) is 2.38. The first-order chi connectivity index (χ1) is 14.1. The highest BCUT2D eigenvalue weighted by molar-refractivity contribution is 7.17. The third kappa shape index (κ3) is 5.79. The number of ether oxygens (including phenoxy) is 2. The summed E-state index contributed by atoms with van der Waals surface area (Å²) < 4.78 is 10.6. The second-order valence-electron chi connectivity index (χ2n) is 6.00. The number of thiazole rings is 1. The van der Waals surface area contributed by atoms with E-state index >= 15 is 0 Å². The zero-order valence-corrected chi connectivity index (χ0v) is 17.6. The Balaban J connectivity index is 1.61. The van der Waals surface area contributed by atoms with E-state index in [4.69, 9.17) is 21.1 Å². The van der Waals surface area contributed by atoms with Gasteiger partial charge in [0, 0.05) is 5.02 Å². The van der Waals surface area contributed by atoms with Crippen molar-refractivity contribution in [3.8, 4) is 5.75 Å². The molecule has 0 spiro atoms. The number of carbonyl (C=O) groups excluding carboxylic acids is 1. The van der Waals surface area contributed by atoms with E-state index < -0.39 is 0 Å². The lowest BCUT2D eigenvalue weighted by molar-refractivity contribution is 0.0605. The summed E-state index contributed by atoms with van der Waals surface area (Å²) in [6, 6.07) is 15.1. The van der Waals surface area contributed by atoms with Gasteiger partial charge in [-0.3, -0.25) is 5.43 Å². The molecule has 0 aliphatic rings. The number of anilines is 1. The van der Waals surface area contributed by atoms with Crippen LogP contribution in [0.3, 0.4) is 0 Å². The lowest BCUT2D eigenvalue weighted by Crippen LogP contribution is -2.01. The van der Waals surface area contributed by atoms with Gasteiger partial charge in [-0.2, -0.15) is 5.10 Å². The Hall–Kier alpha value is -2.90. The third-order valence-electron chi connectivity index (χ3n) is 3.95.